The lowest BCUT2D eigenvalue weighted by molar-refractivity contribution is 0.0773. The summed E-state index contributed by atoms with van der Waals surface area (Å²) in [7, 11) is -0.515. The van der Waals surface area contributed by atoms with Crippen molar-refractivity contribution in [3.63, 3.8) is 0 Å². The van der Waals surface area contributed by atoms with Gasteiger partial charge < -0.3 is 14.4 Å². The van der Waals surface area contributed by atoms with Crippen molar-refractivity contribution in [1.29, 1.82) is 0 Å². The van der Waals surface area contributed by atoms with E-state index in [-0.39, 0.29) is 17.3 Å². The van der Waals surface area contributed by atoms with E-state index in [0.29, 0.717) is 30.0 Å². The van der Waals surface area contributed by atoms with Gasteiger partial charge in [-0.2, -0.15) is 0 Å². The third-order valence-electron chi connectivity index (χ3n) is 5.16. The van der Waals surface area contributed by atoms with Crippen molar-refractivity contribution in [3.8, 4) is 11.5 Å². The summed E-state index contributed by atoms with van der Waals surface area (Å²) in [6.45, 7) is 2.59. The molecule has 33 heavy (non-hydrogen) atoms. The molecule has 0 bridgehead atoms. The number of hydrogen-bond acceptors (Lipinski definition) is 5. The number of amides is 1. The van der Waals surface area contributed by atoms with Gasteiger partial charge in [0.1, 0.15) is 18.1 Å². The molecule has 0 atom stereocenters. The molecule has 3 aromatic rings. The molecule has 0 aromatic heterocycles. The lowest BCUT2D eigenvalue weighted by Crippen LogP contribution is -2.31. The Morgan fingerprint density at radius 1 is 0.970 bits per heavy atom. The number of benzene rings is 3. The molecular weight excluding hydrogens is 440 g/mol. The molecule has 0 aliphatic carbocycles. The molecule has 0 aliphatic heterocycles. The second kappa shape index (κ2) is 11.0. The van der Waals surface area contributed by atoms with Crippen molar-refractivity contribution in [1.82, 2.24) is 9.62 Å². The number of hydrogen-bond donors (Lipinski definition) is 1. The van der Waals surface area contributed by atoms with Crippen molar-refractivity contribution in [2.24, 2.45) is 0 Å². The average molecular weight is 469 g/mol. The smallest absolute Gasteiger partial charge is 0.254 e. The molecule has 0 fully saturated rings. The Bertz CT molecular complexity index is 1180. The Balaban J connectivity index is 1.63. The van der Waals surface area contributed by atoms with E-state index >= 15 is 0 Å². The largest absolute Gasteiger partial charge is 0.497 e. The Hall–Kier alpha value is -3.36. The number of ether oxygens (including phenoxy) is 2. The van der Waals surface area contributed by atoms with Crippen LogP contribution in [0, 0.1) is 6.92 Å². The van der Waals surface area contributed by atoms with Gasteiger partial charge in [0.25, 0.3) is 5.91 Å². The van der Waals surface area contributed by atoms with E-state index in [2.05, 4.69) is 4.72 Å². The number of sulfonamides is 1. The van der Waals surface area contributed by atoms with Gasteiger partial charge in [-0.25, -0.2) is 13.1 Å². The van der Waals surface area contributed by atoms with Gasteiger partial charge in [0.15, 0.2) is 0 Å². The highest BCUT2D eigenvalue weighted by Gasteiger charge is 2.20. The van der Waals surface area contributed by atoms with Crippen LogP contribution in [0.5, 0.6) is 11.5 Å². The maximum Gasteiger partial charge on any atom is 0.254 e. The van der Waals surface area contributed by atoms with Crippen LogP contribution in [0.1, 0.15) is 21.5 Å². The van der Waals surface area contributed by atoms with Crippen LogP contribution in [0.3, 0.4) is 0 Å². The Morgan fingerprint density at radius 2 is 1.64 bits per heavy atom. The van der Waals surface area contributed by atoms with E-state index in [1.807, 2.05) is 30.3 Å². The zero-order valence-corrected chi connectivity index (χ0v) is 19.8. The number of methoxy groups -OCH3 is 1. The third kappa shape index (κ3) is 6.57. The fourth-order valence-electron chi connectivity index (χ4n) is 3.14. The van der Waals surface area contributed by atoms with Crippen molar-refractivity contribution in [3.05, 3.63) is 89.5 Å². The van der Waals surface area contributed by atoms with Gasteiger partial charge in [-0.15, -0.1) is 0 Å². The van der Waals surface area contributed by atoms with Crippen LogP contribution in [0.25, 0.3) is 0 Å². The predicted octanol–water partition coefficient (Wildman–Crippen LogP) is 3.63. The number of rotatable bonds is 10. The number of nitrogens with one attached hydrogen (secondary N) is 1. The molecule has 3 rings (SSSR count). The second-order valence-electron chi connectivity index (χ2n) is 7.54. The van der Waals surface area contributed by atoms with Crippen LogP contribution >= 0.6 is 0 Å². The molecule has 0 spiro atoms. The van der Waals surface area contributed by atoms with E-state index < -0.39 is 10.0 Å². The molecule has 0 unspecified atom stereocenters. The molecular formula is C25H28N2O5S. The number of carbonyl (C=O) groups excluding carboxylic acids is 1. The molecule has 0 saturated heterocycles. The molecule has 0 aliphatic rings. The SMILES string of the molecule is COc1ccc(OCCN(C)C(=O)c2cc(S(=O)(=O)NCc3ccccc3)ccc2C)cc1. The number of likely N-dealkylation sites (N-methyl/N-ethyl adjacent to an activating group) is 1. The summed E-state index contributed by atoms with van der Waals surface area (Å²) in [6, 6.07) is 21.0. The molecule has 3 aromatic carbocycles. The molecule has 0 saturated carbocycles. The first-order valence-electron chi connectivity index (χ1n) is 10.5. The minimum atomic E-state index is -3.77. The van der Waals surface area contributed by atoms with Crippen LogP contribution in [-0.4, -0.2) is 46.5 Å². The Morgan fingerprint density at radius 3 is 2.30 bits per heavy atom. The lowest BCUT2D eigenvalue weighted by atomic mass is 10.1. The van der Waals surface area contributed by atoms with Gasteiger partial charge in [0, 0.05) is 19.2 Å². The second-order valence-corrected chi connectivity index (χ2v) is 9.30. The van der Waals surface area contributed by atoms with Crippen molar-refractivity contribution in [2.45, 2.75) is 18.4 Å². The summed E-state index contributed by atoms with van der Waals surface area (Å²) in [5, 5.41) is 0. The topological polar surface area (TPSA) is 84.9 Å². The van der Waals surface area contributed by atoms with Crippen molar-refractivity contribution < 1.29 is 22.7 Å². The first-order valence-corrected chi connectivity index (χ1v) is 11.9. The maximum atomic E-state index is 13.0. The third-order valence-corrected chi connectivity index (χ3v) is 6.56. The molecule has 7 nitrogen and oxygen atoms in total. The number of aryl methyl sites for hydroxylation is 1. The molecule has 0 heterocycles. The van der Waals surface area contributed by atoms with Gasteiger partial charge in [-0.3, -0.25) is 4.79 Å². The summed E-state index contributed by atoms with van der Waals surface area (Å²) in [4.78, 5) is 14.6. The molecule has 8 heteroatoms. The van der Waals surface area contributed by atoms with Crippen LogP contribution in [0.2, 0.25) is 0 Å². The highest BCUT2D eigenvalue weighted by Crippen LogP contribution is 2.19. The summed E-state index contributed by atoms with van der Waals surface area (Å²) >= 11 is 0. The van der Waals surface area contributed by atoms with E-state index in [4.69, 9.17) is 9.47 Å². The summed E-state index contributed by atoms with van der Waals surface area (Å²) in [5.74, 6) is 1.13. The minimum absolute atomic E-state index is 0.0512. The fourth-order valence-corrected chi connectivity index (χ4v) is 4.18. The van der Waals surface area contributed by atoms with Crippen molar-refractivity contribution in [2.75, 3.05) is 27.3 Å². The normalized spacial score (nSPS) is 11.1. The number of nitrogens with zero attached hydrogens (tertiary/aromatic N) is 1. The summed E-state index contributed by atoms with van der Waals surface area (Å²) in [6.07, 6.45) is 0. The van der Waals surface area contributed by atoms with E-state index in [1.54, 1.807) is 51.4 Å². The average Bonchev–Trinajstić information content (AvgIpc) is 2.83. The fraction of sp³-hybridized carbons (Fsp3) is 0.240. The standard InChI is InChI=1S/C25H28N2O5S/c1-19-9-14-23(33(29,30)26-18-20-7-5-4-6-8-20)17-24(19)25(28)27(2)15-16-32-22-12-10-21(31-3)11-13-22/h4-14,17,26H,15-16,18H2,1-3H3. The monoisotopic (exact) mass is 468 g/mol. The minimum Gasteiger partial charge on any atom is -0.497 e. The molecule has 174 valence electrons. The summed E-state index contributed by atoms with van der Waals surface area (Å²) < 4.78 is 38.9. The quantitative estimate of drug-likeness (QED) is 0.491. The van der Waals surface area contributed by atoms with E-state index in [1.165, 1.54) is 17.0 Å². The lowest BCUT2D eigenvalue weighted by Gasteiger charge is -2.19. The Labute approximate surface area is 195 Å². The predicted molar refractivity (Wildman–Crippen MR) is 127 cm³/mol. The van der Waals surface area contributed by atoms with Crippen LogP contribution in [0.4, 0.5) is 0 Å². The molecule has 0 radical (unpaired) electrons. The number of carbonyl (C=O) groups is 1. The summed E-state index contributed by atoms with van der Waals surface area (Å²) in [5.41, 5.74) is 1.88. The van der Waals surface area contributed by atoms with Gasteiger partial charge in [0.05, 0.1) is 18.6 Å². The Kier molecular flexibility index (Phi) is 8.08. The van der Waals surface area contributed by atoms with Gasteiger partial charge >= 0.3 is 0 Å². The van der Waals surface area contributed by atoms with Crippen LogP contribution in [0.15, 0.2) is 77.7 Å². The first-order chi connectivity index (χ1) is 15.8. The van der Waals surface area contributed by atoms with Crippen LogP contribution < -0.4 is 14.2 Å². The zero-order chi connectivity index (χ0) is 23.8. The highest BCUT2D eigenvalue weighted by molar-refractivity contribution is 7.89. The zero-order valence-electron chi connectivity index (χ0n) is 18.9. The van der Waals surface area contributed by atoms with Crippen molar-refractivity contribution >= 4 is 15.9 Å². The maximum absolute atomic E-state index is 13.0. The molecule has 1 amide bonds. The van der Waals surface area contributed by atoms with E-state index in [0.717, 1.165) is 11.3 Å². The van der Waals surface area contributed by atoms with Gasteiger partial charge in [-0.05, 0) is 54.4 Å². The highest BCUT2D eigenvalue weighted by atomic mass is 32.2. The van der Waals surface area contributed by atoms with E-state index in [9.17, 15) is 13.2 Å². The molecule has 1 N–H and O–H groups in total. The van der Waals surface area contributed by atoms with Gasteiger partial charge in [-0.1, -0.05) is 36.4 Å². The van der Waals surface area contributed by atoms with Gasteiger partial charge in [0.2, 0.25) is 10.0 Å². The van der Waals surface area contributed by atoms with Crippen LogP contribution in [-0.2, 0) is 16.6 Å². The first kappa shape index (κ1) is 24.3.